The molecule has 2 N–H and O–H groups in total. The fourth-order valence-corrected chi connectivity index (χ4v) is 1.37. The molecule has 0 atom stereocenters. The van der Waals surface area contributed by atoms with Gasteiger partial charge in [0.1, 0.15) is 11.6 Å². The predicted molar refractivity (Wildman–Crippen MR) is 53.5 cm³/mol. The van der Waals surface area contributed by atoms with Crippen molar-refractivity contribution in [1.29, 1.82) is 5.26 Å². The zero-order chi connectivity index (χ0) is 9.56. The maximum atomic E-state index is 10.6. The number of nitrogens with two attached hydrogens (primary N) is 1. The largest absolute Gasteiger partial charge is 0.365 e. The van der Waals surface area contributed by atoms with Crippen molar-refractivity contribution in [3.8, 4) is 6.07 Å². The van der Waals surface area contributed by atoms with Crippen LogP contribution >= 0.6 is 24.4 Å². The van der Waals surface area contributed by atoms with E-state index in [1.807, 2.05) is 0 Å². The predicted octanol–water partition coefficient (Wildman–Crippen LogP) is 1.06. The number of thiol groups is 1. The number of amides is 1. The molecule has 0 radical (unpaired) electrons. The molecule has 1 amide bonds. The highest BCUT2D eigenvalue weighted by molar-refractivity contribution is 8.15. The van der Waals surface area contributed by atoms with Gasteiger partial charge in [-0.3, -0.25) is 4.79 Å². The first-order valence-electron chi connectivity index (χ1n) is 3.00. The Morgan fingerprint density at radius 1 is 1.83 bits per heavy atom. The minimum Gasteiger partial charge on any atom is -0.365 e. The molecule has 0 heterocycles. The lowest BCUT2D eigenvalue weighted by Crippen LogP contribution is -2.13. The van der Waals surface area contributed by atoms with E-state index < -0.39 is 5.91 Å². The van der Waals surface area contributed by atoms with E-state index in [9.17, 15) is 4.79 Å². The van der Waals surface area contributed by atoms with Gasteiger partial charge in [-0.25, -0.2) is 0 Å². The fraction of sp³-hybridized carbons (Fsp3) is 0.143. The SMILES string of the molecule is C=CCSC(S)=C(C#N)C(N)=O. The summed E-state index contributed by atoms with van der Waals surface area (Å²) >= 11 is 5.19. The number of nitriles is 1. The van der Waals surface area contributed by atoms with Crippen LogP contribution in [0.4, 0.5) is 0 Å². The number of hydrogen-bond donors (Lipinski definition) is 2. The molecule has 0 unspecified atom stereocenters. The van der Waals surface area contributed by atoms with Crippen LogP contribution in [-0.4, -0.2) is 11.7 Å². The maximum absolute atomic E-state index is 10.6. The standard InChI is InChI=1S/C7H8N2OS2/c1-2-3-12-7(11)5(4-8)6(9)10/h2,11H,1,3H2,(H2,9,10). The van der Waals surface area contributed by atoms with Gasteiger partial charge in [0.25, 0.3) is 5.91 Å². The van der Waals surface area contributed by atoms with E-state index in [4.69, 9.17) is 11.0 Å². The van der Waals surface area contributed by atoms with Crippen molar-refractivity contribution in [3.63, 3.8) is 0 Å². The number of thioether (sulfide) groups is 1. The Morgan fingerprint density at radius 2 is 2.42 bits per heavy atom. The Kier molecular flexibility index (Phi) is 5.34. The minimum atomic E-state index is -0.751. The lowest BCUT2D eigenvalue weighted by Gasteiger charge is -1.97. The summed E-state index contributed by atoms with van der Waals surface area (Å²) in [6.07, 6.45) is 1.65. The van der Waals surface area contributed by atoms with Crippen LogP contribution < -0.4 is 5.73 Å². The Labute approximate surface area is 80.7 Å². The van der Waals surface area contributed by atoms with E-state index in [-0.39, 0.29) is 5.57 Å². The number of hydrogen-bond acceptors (Lipinski definition) is 4. The van der Waals surface area contributed by atoms with Crippen LogP contribution in [0.2, 0.25) is 0 Å². The molecular weight excluding hydrogens is 192 g/mol. The quantitative estimate of drug-likeness (QED) is 0.308. The van der Waals surface area contributed by atoms with Gasteiger partial charge < -0.3 is 5.73 Å². The van der Waals surface area contributed by atoms with E-state index in [0.717, 1.165) is 0 Å². The third kappa shape index (κ3) is 3.51. The highest BCUT2D eigenvalue weighted by atomic mass is 32.2. The fourth-order valence-electron chi connectivity index (χ4n) is 0.418. The van der Waals surface area contributed by atoms with E-state index in [1.54, 1.807) is 12.1 Å². The van der Waals surface area contributed by atoms with Gasteiger partial charge in [-0.05, 0) is 0 Å². The van der Waals surface area contributed by atoms with Gasteiger partial charge in [0.2, 0.25) is 0 Å². The number of rotatable bonds is 4. The van der Waals surface area contributed by atoms with Crippen molar-refractivity contribution in [3.05, 3.63) is 22.5 Å². The van der Waals surface area contributed by atoms with Crippen LogP contribution in [0, 0.1) is 11.3 Å². The highest BCUT2D eigenvalue weighted by Crippen LogP contribution is 2.22. The molecule has 0 aliphatic rings. The van der Waals surface area contributed by atoms with E-state index in [2.05, 4.69) is 19.2 Å². The molecular formula is C7H8N2OS2. The van der Waals surface area contributed by atoms with E-state index in [1.165, 1.54) is 11.8 Å². The van der Waals surface area contributed by atoms with Gasteiger partial charge >= 0.3 is 0 Å². The molecule has 12 heavy (non-hydrogen) atoms. The Balaban J connectivity index is 4.52. The molecule has 0 aliphatic heterocycles. The summed E-state index contributed by atoms with van der Waals surface area (Å²) in [7, 11) is 0. The zero-order valence-corrected chi connectivity index (χ0v) is 7.99. The average molecular weight is 200 g/mol. The molecule has 0 aromatic rings. The van der Waals surface area contributed by atoms with Crippen molar-refractivity contribution < 1.29 is 4.79 Å². The first-order valence-corrected chi connectivity index (χ1v) is 4.43. The molecule has 0 aromatic heterocycles. The number of primary amides is 1. The summed E-state index contributed by atoms with van der Waals surface area (Å²) in [6, 6.07) is 1.68. The van der Waals surface area contributed by atoms with Gasteiger partial charge in [-0.15, -0.1) is 31.0 Å². The molecule has 0 saturated carbocycles. The van der Waals surface area contributed by atoms with Gasteiger partial charge in [-0.2, -0.15) is 5.26 Å². The zero-order valence-electron chi connectivity index (χ0n) is 6.28. The minimum absolute atomic E-state index is 0.106. The van der Waals surface area contributed by atoms with Gasteiger partial charge in [0.05, 0.1) is 4.24 Å². The molecule has 0 spiro atoms. The normalized spacial score (nSPS) is 11.3. The van der Waals surface area contributed by atoms with Crippen molar-refractivity contribution in [2.45, 2.75) is 0 Å². The van der Waals surface area contributed by atoms with Crippen molar-refractivity contribution in [1.82, 2.24) is 0 Å². The molecule has 0 aliphatic carbocycles. The molecule has 0 rings (SSSR count). The molecule has 0 saturated heterocycles. The summed E-state index contributed by atoms with van der Waals surface area (Å²) in [4.78, 5) is 10.6. The summed E-state index contributed by atoms with van der Waals surface area (Å²) in [5.41, 5.74) is 4.81. The lowest BCUT2D eigenvalue weighted by molar-refractivity contribution is -0.114. The number of carbonyl (C=O) groups excluding carboxylic acids is 1. The monoisotopic (exact) mass is 200 g/mol. The Morgan fingerprint density at radius 3 is 2.75 bits per heavy atom. The summed E-state index contributed by atoms with van der Waals surface area (Å²) in [6.45, 7) is 3.49. The third-order valence-corrected chi connectivity index (χ3v) is 2.40. The topological polar surface area (TPSA) is 66.9 Å². The molecule has 64 valence electrons. The molecule has 0 fully saturated rings. The highest BCUT2D eigenvalue weighted by Gasteiger charge is 2.08. The Bertz CT molecular complexity index is 265. The molecule has 0 aromatic carbocycles. The second-order valence-corrected chi connectivity index (χ2v) is 3.54. The second-order valence-electron chi connectivity index (χ2n) is 1.76. The van der Waals surface area contributed by atoms with Crippen LogP contribution in [0.15, 0.2) is 22.5 Å². The summed E-state index contributed by atoms with van der Waals surface area (Å²) in [5.74, 6) is -0.156. The van der Waals surface area contributed by atoms with E-state index >= 15 is 0 Å². The summed E-state index contributed by atoms with van der Waals surface area (Å²) in [5, 5.41) is 8.47. The molecule has 0 bridgehead atoms. The maximum Gasteiger partial charge on any atom is 0.261 e. The smallest absolute Gasteiger partial charge is 0.261 e. The van der Waals surface area contributed by atoms with Crippen LogP contribution in [0.25, 0.3) is 0 Å². The lowest BCUT2D eigenvalue weighted by atomic mass is 10.3. The number of nitrogens with zero attached hydrogens (tertiary/aromatic N) is 1. The van der Waals surface area contributed by atoms with Gasteiger partial charge in [0.15, 0.2) is 0 Å². The van der Waals surface area contributed by atoms with Gasteiger partial charge in [0, 0.05) is 5.75 Å². The third-order valence-electron chi connectivity index (χ3n) is 0.910. The van der Waals surface area contributed by atoms with Crippen molar-refractivity contribution in [2.24, 2.45) is 5.73 Å². The number of carbonyl (C=O) groups is 1. The Hall–Kier alpha value is -0.860. The summed E-state index contributed by atoms with van der Waals surface area (Å²) < 4.78 is 0.338. The van der Waals surface area contributed by atoms with Crippen molar-refractivity contribution in [2.75, 3.05) is 5.75 Å². The second kappa shape index (κ2) is 5.75. The first-order chi connectivity index (χ1) is 5.63. The van der Waals surface area contributed by atoms with Crippen LogP contribution in [0.3, 0.4) is 0 Å². The van der Waals surface area contributed by atoms with Gasteiger partial charge in [-0.1, -0.05) is 6.08 Å². The first kappa shape index (κ1) is 11.1. The van der Waals surface area contributed by atoms with Crippen molar-refractivity contribution >= 4 is 30.3 Å². The molecule has 5 heteroatoms. The average Bonchev–Trinajstić information content (AvgIpc) is 2.01. The van der Waals surface area contributed by atoms with Crippen LogP contribution in [0.1, 0.15) is 0 Å². The molecule has 3 nitrogen and oxygen atoms in total. The van der Waals surface area contributed by atoms with E-state index in [0.29, 0.717) is 9.99 Å². The van der Waals surface area contributed by atoms with Crippen LogP contribution in [0.5, 0.6) is 0 Å². The van der Waals surface area contributed by atoms with Crippen LogP contribution in [-0.2, 0) is 4.79 Å².